The number of ketones is 1. The van der Waals surface area contributed by atoms with E-state index in [2.05, 4.69) is 0 Å². The highest BCUT2D eigenvalue weighted by atomic mass is 35.5. The first kappa shape index (κ1) is 20.9. The third-order valence-electron chi connectivity index (χ3n) is 5.22. The molecule has 0 bridgehead atoms. The van der Waals surface area contributed by atoms with Gasteiger partial charge < -0.3 is 15.1 Å². The molecule has 0 aromatic heterocycles. The molecule has 29 heavy (non-hydrogen) atoms. The Morgan fingerprint density at radius 3 is 2.38 bits per heavy atom. The summed E-state index contributed by atoms with van der Waals surface area (Å²) in [4.78, 5) is 27.1. The van der Waals surface area contributed by atoms with Gasteiger partial charge in [0.05, 0.1) is 16.6 Å². The van der Waals surface area contributed by atoms with Crippen molar-refractivity contribution in [2.75, 3.05) is 6.54 Å². The highest BCUT2D eigenvalue weighted by molar-refractivity contribution is 6.46. The summed E-state index contributed by atoms with van der Waals surface area (Å²) >= 11 is 6.08. The van der Waals surface area contributed by atoms with E-state index >= 15 is 0 Å². The van der Waals surface area contributed by atoms with Crippen LogP contribution in [-0.2, 0) is 16.0 Å². The Labute approximate surface area is 175 Å². The Hall–Kier alpha value is -2.79. The third kappa shape index (κ3) is 4.01. The topological polar surface area (TPSA) is 77.8 Å². The maximum Gasteiger partial charge on any atom is 0.295 e. The molecule has 2 aromatic rings. The van der Waals surface area contributed by atoms with Crippen molar-refractivity contribution in [2.24, 2.45) is 0 Å². The molecule has 1 saturated heterocycles. The van der Waals surface area contributed by atoms with Crippen LogP contribution in [0.5, 0.6) is 5.75 Å². The van der Waals surface area contributed by atoms with Crippen molar-refractivity contribution < 1.29 is 19.8 Å². The molecule has 1 aliphatic heterocycles. The molecule has 152 valence electrons. The lowest BCUT2D eigenvalue weighted by Gasteiger charge is -2.25. The largest absolute Gasteiger partial charge is 0.507 e. The number of likely N-dealkylation sites (tertiary alicyclic amines) is 1. The first-order valence-electron chi connectivity index (χ1n) is 9.75. The van der Waals surface area contributed by atoms with Crippen molar-refractivity contribution in [1.29, 1.82) is 0 Å². The van der Waals surface area contributed by atoms with Gasteiger partial charge in [-0.15, -0.1) is 0 Å². The molecule has 3 rings (SSSR count). The Bertz CT molecular complexity index is 965. The first-order valence-corrected chi connectivity index (χ1v) is 10.1. The molecule has 0 saturated carbocycles. The molecule has 5 nitrogen and oxygen atoms in total. The van der Waals surface area contributed by atoms with Gasteiger partial charge >= 0.3 is 0 Å². The molecule has 0 aliphatic carbocycles. The average Bonchev–Trinajstić information content (AvgIpc) is 2.98. The van der Waals surface area contributed by atoms with Gasteiger partial charge in [0, 0.05) is 12.1 Å². The monoisotopic (exact) mass is 413 g/mol. The molecule has 1 heterocycles. The Balaban J connectivity index is 2.15. The number of aliphatic hydroxyl groups is 1. The predicted molar refractivity (Wildman–Crippen MR) is 113 cm³/mol. The van der Waals surface area contributed by atoms with E-state index in [4.69, 9.17) is 11.6 Å². The van der Waals surface area contributed by atoms with Gasteiger partial charge in [-0.05, 0) is 36.1 Å². The standard InChI is InChI=1S/C23H24ClNO4/c1-3-5-12-25-20(16-10-11-18(26)17(24)13-16)19(22(28)23(25)29)21(27)15-8-6-14(4-2)7-9-15/h6-11,13,20,26-27H,3-5,12H2,1-2H3/b21-19-. The molecule has 0 spiro atoms. The summed E-state index contributed by atoms with van der Waals surface area (Å²) in [5, 5.41) is 20.8. The second-order valence-corrected chi connectivity index (χ2v) is 7.51. The van der Waals surface area contributed by atoms with E-state index < -0.39 is 17.7 Å². The van der Waals surface area contributed by atoms with Gasteiger partial charge in [-0.25, -0.2) is 0 Å². The van der Waals surface area contributed by atoms with Crippen LogP contribution in [0, 0.1) is 0 Å². The number of carbonyl (C=O) groups excluding carboxylic acids is 2. The zero-order chi connectivity index (χ0) is 21.1. The Morgan fingerprint density at radius 2 is 1.79 bits per heavy atom. The van der Waals surface area contributed by atoms with Crippen LogP contribution in [0.1, 0.15) is 49.4 Å². The number of aromatic hydroxyl groups is 1. The van der Waals surface area contributed by atoms with Crippen LogP contribution in [0.2, 0.25) is 5.02 Å². The van der Waals surface area contributed by atoms with Gasteiger partial charge in [-0.1, -0.05) is 62.2 Å². The third-order valence-corrected chi connectivity index (χ3v) is 5.52. The number of carbonyl (C=O) groups is 2. The number of aliphatic hydroxyl groups excluding tert-OH is 1. The normalized spacial score (nSPS) is 18.4. The molecule has 1 atom stereocenters. The number of unbranched alkanes of at least 4 members (excludes halogenated alkanes) is 1. The summed E-state index contributed by atoms with van der Waals surface area (Å²) in [6.07, 6.45) is 2.43. The number of hydrogen-bond donors (Lipinski definition) is 2. The second-order valence-electron chi connectivity index (χ2n) is 7.11. The molecular weight excluding hydrogens is 390 g/mol. The van der Waals surface area contributed by atoms with Crippen molar-refractivity contribution in [1.82, 2.24) is 4.90 Å². The minimum Gasteiger partial charge on any atom is -0.507 e. The number of amides is 1. The maximum absolute atomic E-state index is 12.9. The summed E-state index contributed by atoms with van der Waals surface area (Å²) in [5.41, 5.74) is 2.18. The average molecular weight is 414 g/mol. The summed E-state index contributed by atoms with van der Waals surface area (Å²) in [6.45, 7) is 4.41. The van der Waals surface area contributed by atoms with Crippen molar-refractivity contribution in [3.8, 4) is 5.75 Å². The maximum atomic E-state index is 12.9. The number of hydrogen-bond acceptors (Lipinski definition) is 4. The van der Waals surface area contributed by atoms with Gasteiger partial charge in [0.1, 0.15) is 11.5 Å². The van der Waals surface area contributed by atoms with Crippen LogP contribution in [0.4, 0.5) is 0 Å². The quantitative estimate of drug-likeness (QED) is 0.404. The molecule has 2 aromatic carbocycles. The molecule has 0 radical (unpaired) electrons. The summed E-state index contributed by atoms with van der Waals surface area (Å²) in [7, 11) is 0. The highest BCUT2D eigenvalue weighted by Crippen LogP contribution is 2.41. The molecule has 1 unspecified atom stereocenters. The van der Waals surface area contributed by atoms with Gasteiger partial charge in [-0.3, -0.25) is 9.59 Å². The van der Waals surface area contributed by atoms with Gasteiger partial charge in [0.25, 0.3) is 11.7 Å². The number of nitrogens with zero attached hydrogens (tertiary/aromatic N) is 1. The second kappa shape index (κ2) is 8.70. The van der Waals surface area contributed by atoms with Crippen LogP contribution >= 0.6 is 11.6 Å². The van der Waals surface area contributed by atoms with Crippen LogP contribution in [0.25, 0.3) is 5.76 Å². The Morgan fingerprint density at radius 1 is 1.10 bits per heavy atom. The van der Waals surface area contributed by atoms with Crippen LogP contribution in [-0.4, -0.2) is 33.3 Å². The van der Waals surface area contributed by atoms with Crippen molar-refractivity contribution >= 4 is 29.1 Å². The van der Waals surface area contributed by atoms with E-state index in [9.17, 15) is 19.8 Å². The van der Waals surface area contributed by atoms with E-state index in [0.717, 1.165) is 24.8 Å². The molecule has 1 fully saturated rings. The zero-order valence-corrected chi connectivity index (χ0v) is 17.2. The molecule has 1 amide bonds. The lowest BCUT2D eigenvalue weighted by Crippen LogP contribution is -2.30. The number of phenols is 1. The first-order chi connectivity index (χ1) is 13.9. The summed E-state index contributed by atoms with van der Waals surface area (Å²) in [6, 6.07) is 11.1. The van der Waals surface area contributed by atoms with Crippen LogP contribution < -0.4 is 0 Å². The number of Topliss-reactive ketones (excluding diaryl/α,β-unsaturated/α-hetero) is 1. The van der Waals surface area contributed by atoms with Gasteiger partial charge in [0.15, 0.2) is 0 Å². The van der Waals surface area contributed by atoms with E-state index in [1.807, 2.05) is 26.0 Å². The molecule has 6 heteroatoms. The van der Waals surface area contributed by atoms with Crippen molar-refractivity contribution in [2.45, 2.75) is 39.2 Å². The highest BCUT2D eigenvalue weighted by Gasteiger charge is 2.45. The van der Waals surface area contributed by atoms with Crippen LogP contribution in [0.3, 0.4) is 0 Å². The molecule has 1 aliphatic rings. The van der Waals surface area contributed by atoms with E-state index in [-0.39, 0.29) is 22.1 Å². The summed E-state index contributed by atoms with van der Waals surface area (Å²) in [5.74, 6) is -1.65. The number of phenolic OH excluding ortho intramolecular Hbond substituents is 1. The predicted octanol–water partition coefficient (Wildman–Crippen LogP) is 4.83. The van der Waals surface area contributed by atoms with E-state index in [1.165, 1.54) is 17.0 Å². The fourth-order valence-corrected chi connectivity index (χ4v) is 3.72. The minimum absolute atomic E-state index is 0.0390. The number of halogens is 1. The van der Waals surface area contributed by atoms with Crippen molar-refractivity contribution in [3.05, 3.63) is 69.8 Å². The van der Waals surface area contributed by atoms with E-state index in [1.54, 1.807) is 18.2 Å². The Kier molecular flexibility index (Phi) is 6.28. The van der Waals surface area contributed by atoms with Gasteiger partial charge in [0.2, 0.25) is 0 Å². The fraction of sp³-hybridized carbons (Fsp3) is 0.304. The van der Waals surface area contributed by atoms with Crippen molar-refractivity contribution in [3.63, 3.8) is 0 Å². The number of rotatable bonds is 6. The number of benzene rings is 2. The lowest BCUT2D eigenvalue weighted by molar-refractivity contribution is -0.139. The van der Waals surface area contributed by atoms with Gasteiger partial charge in [-0.2, -0.15) is 0 Å². The summed E-state index contributed by atoms with van der Waals surface area (Å²) < 4.78 is 0. The lowest BCUT2D eigenvalue weighted by atomic mass is 9.94. The van der Waals surface area contributed by atoms with Crippen LogP contribution in [0.15, 0.2) is 48.0 Å². The molecule has 2 N–H and O–H groups in total. The fourth-order valence-electron chi connectivity index (χ4n) is 3.53. The van der Waals surface area contributed by atoms with E-state index in [0.29, 0.717) is 17.7 Å². The minimum atomic E-state index is -0.759. The smallest absolute Gasteiger partial charge is 0.295 e. The number of aryl methyl sites for hydroxylation is 1. The molecular formula is C23H24ClNO4. The SMILES string of the molecule is CCCCN1C(=O)C(=O)/C(=C(\O)c2ccc(CC)cc2)C1c1ccc(O)c(Cl)c1. The zero-order valence-electron chi connectivity index (χ0n) is 16.5.